The second-order valence-corrected chi connectivity index (χ2v) is 4.94. The average Bonchev–Trinajstić information content (AvgIpc) is 2.47. The fourth-order valence-electron chi connectivity index (χ4n) is 1.90. The van der Waals surface area contributed by atoms with E-state index in [4.69, 9.17) is 4.74 Å². The quantitative estimate of drug-likeness (QED) is 0.915. The summed E-state index contributed by atoms with van der Waals surface area (Å²) in [5.74, 6) is -0.0817. The Kier molecular flexibility index (Phi) is 4.93. The van der Waals surface area contributed by atoms with Gasteiger partial charge in [0.05, 0.1) is 6.04 Å². The number of nitrogens with one attached hydrogen (secondary N) is 1. The van der Waals surface area contributed by atoms with Gasteiger partial charge in [0, 0.05) is 0 Å². The first-order chi connectivity index (χ1) is 10.0. The zero-order valence-electron chi connectivity index (χ0n) is 12.1. The summed E-state index contributed by atoms with van der Waals surface area (Å²) in [6, 6.07) is 13.5. The number of ether oxygens (including phenoxy) is 1. The molecule has 0 fully saturated rings. The minimum atomic E-state index is -0.334. The first-order valence-corrected chi connectivity index (χ1v) is 6.79. The van der Waals surface area contributed by atoms with Crippen molar-refractivity contribution in [2.45, 2.75) is 19.9 Å². The third kappa shape index (κ3) is 4.60. The highest BCUT2D eigenvalue weighted by atomic mass is 19.1. The molecule has 0 saturated heterocycles. The Bertz CT molecular complexity index is 593. The van der Waals surface area contributed by atoms with Crippen LogP contribution in [0.15, 0.2) is 48.5 Å². The topological polar surface area (TPSA) is 38.3 Å². The second-order valence-electron chi connectivity index (χ2n) is 4.94. The molecule has 3 nitrogen and oxygen atoms in total. The predicted octanol–water partition coefficient (Wildman–Crippen LogP) is 3.39. The van der Waals surface area contributed by atoms with Crippen molar-refractivity contribution in [3.63, 3.8) is 0 Å². The SMILES string of the molecule is Cc1ccc(C(C)NC(=O)COc2ccc(F)cc2)cc1. The Balaban J connectivity index is 1.83. The molecule has 2 aromatic carbocycles. The van der Waals surface area contributed by atoms with E-state index in [0.717, 1.165) is 5.56 Å². The Morgan fingerprint density at radius 2 is 1.76 bits per heavy atom. The molecule has 1 atom stereocenters. The summed E-state index contributed by atoms with van der Waals surface area (Å²) in [6.07, 6.45) is 0. The highest BCUT2D eigenvalue weighted by Crippen LogP contribution is 2.13. The van der Waals surface area contributed by atoms with Gasteiger partial charge in [0.25, 0.3) is 5.91 Å². The molecule has 4 heteroatoms. The summed E-state index contributed by atoms with van der Waals surface area (Å²) in [4.78, 5) is 11.8. The Labute approximate surface area is 123 Å². The lowest BCUT2D eigenvalue weighted by Crippen LogP contribution is -2.31. The van der Waals surface area contributed by atoms with Gasteiger partial charge < -0.3 is 10.1 Å². The number of benzene rings is 2. The molecule has 1 N–H and O–H groups in total. The van der Waals surface area contributed by atoms with Crippen LogP contribution in [0.4, 0.5) is 4.39 Å². The van der Waals surface area contributed by atoms with Crippen LogP contribution in [-0.2, 0) is 4.79 Å². The molecule has 0 aliphatic heterocycles. The Hall–Kier alpha value is -2.36. The van der Waals surface area contributed by atoms with Crippen LogP contribution in [0.1, 0.15) is 24.1 Å². The second kappa shape index (κ2) is 6.88. The highest BCUT2D eigenvalue weighted by Gasteiger charge is 2.10. The van der Waals surface area contributed by atoms with Crippen LogP contribution >= 0.6 is 0 Å². The summed E-state index contributed by atoms with van der Waals surface area (Å²) in [6.45, 7) is 3.84. The highest BCUT2D eigenvalue weighted by molar-refractivity contribution is 5.78. The predicted molar refractivity (Wildman–Crippen MR) is 79.6 cm³/mol. The van der Waals surface area contributed by atoms with E-state index in [1.54, 1.807) is 0 Å². The van der Waals surface area contributed by atoms with Gasteiger partial charge in [0.15, 0.2) is 6.61 Å². The maximum absolute atomic E-state index is 12.7. The molecular weight excluding hydrogens is 269 g/mol. The first kappa shape index (κ1) is 15.0. The normalized spacial score (nSPS) is 11.8. The third-order valence-electron chi connectivity index (χ3n) is 3.14. The summed E-state index contributed by atoms with van der Waals surface area (Å²) < 4.78 is 18.0. The van der Waals surface area contributed by atoms with Gasteiger partial charge in [0.2, 0.25) is 0 Å². The molecule has 2 rings (SSSR count). The van der Waals surface area contributed by atoms with Crippen LogP contribution in [-0.4, -0.2) is 12.5 Å². The minimum Gasteiger partial charge on any atom is -0.484 e. The number of aryl methyl sites for hydroxylation is 1. The van der Waals surface area contributed by atoms with Crippen LogP contribution in [0.3, 0.4) is 0 Å². The lowest BCUT2D eigenvalue weighted by Gasteiger charge is -2.15. The molecule has 0 aliphatic carbocycles. The number of carbonyl (C=O) groups is 1. The summed E-state index contributed by atoms with van der Waals surface area (Å²) in [7, 11) is 0. The zero-order chi connectivity index (χ0) is 15.2. The number of halogens is 1. The van der Waals surface area contributed by atoms with Crippen molar-refractivity contribution in [3.05, 3.63) is 65.5 Å². The van der Waals surface area contributed by atoms with Gasteiger partial charge in [-0.05, 0) is 43.7 Å². The van der Waals surface area contributed by atoms with Gasteiger partial charge in [-0.25, -0.2) is 4.39 Å². The van der Waals surface area contributed by atoms with E-state index >= 15 is 0 Å². The van der Waals surface area contributed by atoms with Crippen LogP contribution in [0.2, 0.25) is 0 Å². The zero-order valence-corrected chi connectivity index (χ0v) is 12.1. The molecule has 0 aromatic heterocycles. The summed E-state index contributed by atoms with van der Waals surface area (Å²) in [5, 5.41) is 2.86. The molecule has 0 saturated carbocycles. The molecule has 1 amide bonds. The van der Waals surface area contributed by atoms with Crippen LogP contribution in [0.5, 0.6) is 5.75 Å². The van der Waals surface area contributed by atoms with E-state index in [9.17, 15) is 9.18 Å². The smallest absolute Gasteiger partial charge is 0.258 e. The molecule has 0 radical (unpaired) electrons. The van der Waals surface area contributed by atoms with Crippen molar-refractivity contribution in [2.75, 3.05) is 6.61 Å². The van der Waals surface area contributed by atoms with Gasteiger partial charge in [0.1, 0.15) is 11.6 Å². The lowest BCUT2D eigenvalue weighted by atomic mass is 10.1. The maximum atomic E-state index is 12.7. The molecule has 0 bridgehead atoms. The third-order valence-corrected chi connectivity index (χ3v) is 3.14. The van der Waals surface area contributed by atoms with Gasteiger partial charge in [-0.3, -0.25) is 4.79 Å². The van der Waals surface area contributed by atoms with Crippen molar-refractivity contribution in [2.24, 2.45) is 0 Å². The number of hydrogen-bond donors (Lipinski definition) is 1. The van der Waals surface area contributed by atoms with Crippen molar-refractivity contribution in [3.8, 4) is 5.75 Å². The van der Waals surface area contributed by atoms with Crippen LogP contribution in [0.25, 0.3) is 0 Å². The van der Waals surface area contributed by atoms with E-state index in [0.29, 0.717) is 5.75 Å². The standard InChI is InChI=1S/C17H18FNO2/c1-12-3-5-14(6-4-12)13(2)19-17(20)11-21-16-9-7-15(18)8-10-16/h3-10,13H,11H2,1-2H3,(H,19,20). The average molecular weight is 287 g/mol. The van der Waals surface area contributed by atoms with Gasteiger partial charge in [-0.1, -0.05) is 29.8 Å². The molecule has 0 heterocycles. The van der Waals surface area contributed by atoms with Crippen molar-refractivity contribution >= 4 is 5.91 Å². The van der Waals surface area contributed by atoms with E-state index in [1.807, 2.05) is 38.1 Å². The van der Waals surface area contributed by atoms with Crippen molar-refractivity contribution in [1.29, 1.82) is 0 Å². The molecule has 110 valence electrons. The number of amides is 1. The van der Waals surface area contributed by atoms with Gasteiger partial charge in [-0.2, -0.15) is 0 Å². The first-order valence-electron chi connectivity index (χ1n) is 6.79. The largest absolute Gasteiger partial charge is 0.484 e. The maximum Gasteiger partial charge on any atom is 0.258 e. The lowest BCUT2D eigenvalue weighted by molar-refractivity contribution is -0.123. The van der Waals surface area contributed by atoms with Crippen molar-refractivity contribution in [1.82, 2.24) is 5.32 Å². The number of hydrogen-bond acceptors (Lipinski definition) is 2. The molecule has 1 unspecified atom stereocenters. The fourth-order valence-corrected chi connectivity index (χ4v) is 1.90. The van der Waals surface area contributed by atoms with Gasteiger partial charge in [-0.15, -0.1) is 0 Å². The van der Waals surface area contributed by atoms with Crippen molar-refractivity contribution < 1.29 is 13.9 Å². The Morgan fingerprint density at radius 1 is 1.14 bits per heavy atom. The monoisotopic (exact) mass is 287 g/mol. The van der Waals surface area contributed by atoms with Crippen LogP contribution in [0, 0.1) is 12.7 Å². The molecular formula is C17H18FNO2. The number of carbonyl (C=O) groups excluding carboxylic acids is 1. The van der Waals surface area contributed by atoms with Crippen LogP contribution < -0.4 is 10.1 Å². The van der Waals surface area contributed by atoms with E-state index in [1.165, 1.54) is 29.8 Å². The molecule has 0 spiro atoms. The van der Waals surface area contributed by atoms with E-state index in [-0.39, 0.29) is 24.4 Å². The molecule has 0 aliphatic rings. The summed E-state index contributed by atoms with van der Waals surface area (Å²) in [5.41, 5.74) is 2.22. The molecule has 21 heavy (non-hydrogen) atoms. The molecule has 2 aromatic rings. The van der Waals surface area contributed by atoms with Gasteiger partial charge >= 0.3 is 0 Å². The number of rotatable bonds is 5. The minimum absolute atomic E-state index is 0.0880. The summed E-state index contributed by atoms with van der Waals surface area (Å²) >= 11 is 0. The Morgan fingerprint density at radius 3 is 2.38 bits per heavy atom. The van der Waals surface area contributed by atoms with E-state index < -0.39 is 0 Å². The van der Waals surface area contributed by atoms with E-state index in [2.05, 4.69) is 5.32 Å². The fraction of sp³-hybridized carbons (Fsp3) is 0.235.